The summed E-state index contributed by atoms with van der Waals surface area (Å²) in [5, 5.41) is 10.0. The molecule has 0 aliphatic carbocycles. The first kappa shape index (κ1) is 12.4. The van der Waals surface area contributed by atoms with Crippen LogP contribution in [0, 0.1) is 11.6 Å². The third-order valence-electron chi connectivity index (χ3n) is 2.53. The number of hydrogen-bond acceptors (Lipinski definition) is 3. The van der Waals surface area contributed by atoms with Crippen LogP contribution in [0.3, 0.4) is 0 Å². The summed E-state index contributed by atoms with van der Waals surface area (Å²) in [7, 11) is 1.33. The van der Waals surface area contributed by atoms with Gasteiger partial charge in [-0.25, -0.2) is 8.78 Å². The molecule has 3 nitrogen and oxygen atoms in total. The van der Waals surface area contributed by atoms with E-state index in [0.29, 0.717) is 11.1 Å². The minimum Gasteiger partial charge on any atom is -0.494 e. The Labute approximate surface area is 103 Å². The normalized spacial score (nSPS) is 12.2. The van der Waals surface area contributed by atoms with Crippen molar-refractivity contribution in [2.45, 2.75) is 6.10 Å². The summed E-state index contributed by atoms with van der Waals surface area (Å²) in [5.74, 6) is -1.04. The van der Waals surface area contributed by atoms with Crippen LogP contribution in [0.1, 0.15) is 17.2 Å². The van der Waals surface area contributed by atoms with Gasteiger partial charge in [0.25, 0.3) is 0 Å². The SMILES string of the molecule is COc1cc(C(O)c2cncc(F)c2)ccc1F. The minimum atomic E-state index is -1.08. The first-order chi connectivity index (χ1) is 8.61. The molecule has 0 radical (unpaired) electrons. The van der Waals surface area contributed by atoms with E-state index >= 15 is 0 Å². The van der Waals surface area contributed by atoms with Crippen molar-refractivity contribution in [3.05, 3.63) is 59.4 Å². The molecule has 0 fully saturated rings. The lowest BCUT2D eigenvalue weighted by atomic mass is 10.0. The lowest BCUT2D eigenvalue weighted by Gasteiger charge is -2.12. The van der Waals surface area contributed by atoms with E-state index in [1.54, 1.807) is 0 Å². The van der Waals surface area contributed by atoms with Gasteiger partial charge in [0, 0.05) is 11.8 Å². The van der Waals surface area contributed by atoms with Crippen LogP contribution in [0.2, 0.25) is 0 Å². The number of benzene rings is 1. The molecule has 1 aromatic carbocycles. The maximum Gasteiger partial charge on any atom is 0.165 e. The molecule has 1 unspecified atom stereocenters. The fourth-order valence-electron chi connectivity index (χ4n) is 1.62. The van der Waals surface area contributed by atoms with Crippen molar-refractivity contribution in [2.24, 2.45) is 0 Å². The highest BCUT2D eigenvalue weighted by molar-refractivity contribution is 5.35. The van der Waals surface area contributed by atoms with E-state index in [0.717, 1.165) is 6.20 Å². The number of hydrogen-bond donors (Lipinski definition) is 1. The molecule has 0 bridgehead atoms. The number of rotatable bonds is 3. The summed E-state index contributed by atoms with van der Waals surface area (Å²) >= 11 is 0. The van der Waals surface area contributed by atoms with Crippen LogP contribution in [0.25, 0.3) is 0 Å². The molecular weight excluding hydrogens is 240 g/mol. The highest BCUT2D eigenvalue weighted by atomic mass is 19.1. The van der Waals surface area contributed by atoms with Gasteiger partial charge in [-0.1, -0.05) is 6.07 Å². The number of aliphatic hydroxyl groups excluding tert-OH is 1. The number of ether oxygens (including phenoxy) is 1. The lowest BCUT2D eigenvalue weighted by molar-refractivity contribution is 0.218. The second-order valence-electron chi connectivity index (χ2n) is 3.73. The number of pyridine rings is 1. The van der Waals surface area contributed by atoms with E-state index < -0.39 is 17.7 Å². The van der Waals surface area contributed by atoms with Crippen molar-refractivity contribution in [1.82, 2.24) is 4.98 Å². The van der Waals surface area contributed by atoms with Gasteiger partial charge in [0.1, 0.15) is 11.9 Å². The third kappa shape index (κ3) is 2.46. The van der Waals surface area contributed by atoms with E-state index in [1.807, 2.05) is 0 Å². The maximum atomic E-state index is 13.2. The van der Waals surface area contributed by atoms with Gasteiger partial charge in [0.2, 0.25) is 0 Å². The van der Waals surface area contributed by atoms with Gasteiger partial charge in [-0.3, -0.25) is 4.98 Å². The molecule has 1 aromatic heterocycles. The Morgan fingerprint density at radius 3 is 2.61 bits per heavy atom. The zero-order valence-corrected chi connectivity index (χ0v) is 9.60. The molecule has 1 heterocycles. The molecule has 0 aliphatic heterocycles. The van der Waals surface area contributed by atoms with Gasteiger partial charge >= 0.3 is 0 Å². The third-order valence-corrected chi connectivity index (χ3v) is 2.53. The van der Waals surface area contributed by atoms with Crippen molar-refractivity contribution in [3.8, 4) is 5.75 Å². The van der Waals surface area contributed by atoms with E-state index in [-0.39, 0.29) is 5.75 Å². The van der Waals surface area contributed by atoms with Gasteiger partial charge in [-0.15, -0.1) is 0 Å². The number of methoxy groups -OCH3 is 1. The van der Waals surface area contributed by atoms with Crippen LogP contribution >= 0.6 is 0 Å². The van der Waals surface area contributed by atoms with Crippen LogP contribution < -0.4 is 4.74 Å². The molecule has 18 heavy (non-hydrogen) atoms. The monoisotopic (exact) mass is 251 g/mol. The number of halogens is 2. The molecule has 1 N–H and O–H groups in total. The second-order valence-corrected chi connectivity index (χ2v) is 3.73. The van der Waals surface area contributed by atoms with Gasteiger partial charge < -0.3 is 9.84 Å². The highest BCUT2D eigenvalue weighted by Crippen LogP contribution is 2.26. The molecule has 2 aromatic rings. The average molecular weight is 251 g/mol. The van der Waals surface area contributed by atoms with Crippen molar-refractivity contribution in [3.63, 3.8) is 0 Å². The number of nitrogens with zero attached hydrogens (tertiary/aromatic N) is 1. The van der Waals surface area contributed by atoms with E-state index in [1.165, 1.54) is 37.6 Å². The summed E-state index contributed by atoms with van der Waals surface area (Å²) in [6.07, 6.45) is 1.31. The molecule has 1 atom stereocenters. The predicted molar refractivity (Wildman–Crippen MR) is 61.2 cm³/mol. The summed E-state index contributed by atoms with van der Waals surface area (Å²) in [5.41, 5.74) is 0.698. The Bertz CT molecular complexity index is 560. The van der Waals surface area contributed by atoms with Crippen LogP contribution in [-0.2, 0) is 0 Å². The Balaban J connectivity index is 2.36. The molecule has 2 rings (SSSR count). The highest BCUT2D eigenvalue weighted by Gasteiger charge is 2.14. The molecule has 0 aliphatic rings. The Morgan fingerprint density at radius 2 is 1.94 bits per heavy atom. The van der Waals surface area contributed by atoms with Crippen LogP contribution in [0.4, 0.5) is 8.78 Å². The lowest BCUT2D eigenvalue weighted by Crippen LogP contribution is -2.02. The summed E-state index contributed by atoms with van der Waals surface area (Å²) in [4.78, 5) is 3.65. The quantitative estimate of drug-likeness (QED) is 0.911. The standard InChI is InChI=1S/C13H11F2NO2/c1-18-12-5-8(2-3-11(12)15)13(17)9-4-10(14)7-16-6-9/h2-7,13,17H,1H3. The number of aliphatic hydroxyl groups is 1. The zero-order chi connectivity index (χ0) is 13.1. The largest absolute Gasteiger partial charge is 0.494 e. The van der Waals surface area contributed by atoms with E-state index in [4.69, 9.17) is 4.74 Å². The van der Waals surface area contributed by atoms with Gasteiger partial charge in [0.05, 0.1) is 13.3 Å². The summed E-state index contributed by atoms with van der Waals surface area (Å²) < 4.78 is 31.0. The van der Waals surface area contributed by atoms with E-state index in [9.17, 15) is 13.9 Å². The zero-order valence-electron chi connectivity index (χ0n) is 9.60. The summed E-state index contributed by atoms with van der Waals surface area (Å²) in [6, 6.07) is 5.13. The topological polar surface area (TPSA) is 42.4 Å². The Hall–Kier alpha value is -2.01. The number of aromatic nitrogens is 1. The predicted octanol–water partition coefficient (Wildman–Crippen LogP) is 2.45. The average Bonchev–Trinajstić information content (AvgIpc) is 2.38. The van der Waals surface area contributed by atoms with Crippen molar-refractivity contribution in [2.75, 3.05) is 7.11 Å². The second kappa shape index (κ2) is 5.10. The fraction of sp³-hybridized carbons (Fsp3) is 0.154. The van der Waals surface area contributed by atoms with Crippen molar-refractivity contribution < 1.29 is 18.6 Å². The molecule has 0 spiro atoms. The molecule has 0 amide bonds. The Kier molecular flexibility index (Phi) is 3.53. The first-order valence-electron chi connectivity index (χ1n) is 5.24. The van der Waals surface area contributed by atoms with Gasteiger partial charge in [-0.2, -0.15) is 0 Å². The molecule has 94 valence electrons. The van der Waals surface area contributed by atoms with Crippen LogP contribution in [0.15, 0.2) is 36.7 Å². The molecule has 5 heteroatoms. The van der Waals surface area contributed by atoms with Crippen molar-refractivity contribution in [1.29, 1.82) is 0 Å². The van der Waals surface area contributed by atoms with Crippen LogP contribution in [-0.4, -0.2) is 17.2 Å². The first-order valence-corrected chi connectivity index (χ1v) is 5.24. The van der Waals surface area contributed by atoms with Crippen LogP contribution in [0.5, 0.6) is 5.75 Å². The molecular formula is C13H11F2NO2. The maximum absolute atomic E-state index is 13.2. The van der Waals surface area contributed by atoms with E-state index in [2.05, 4.69) is 4.98 Å². The van der Waals surface area contributed by atoms with Crippen molar-refractivity contribution >= 4 is 0 Å². The molecule has 0 saturated heterocycles. The molecule has 0 saturated carbocycles. The fourth-order valence-corrected chi connectivity index (χ4v) is 1.62. The summed E-state index contributed by atoms with van der Waals surface area (Å²) in [6.45, 7) is 0. The minimum absolute atomic E-state index is 0.0240. The smallest absolute Gasteiger partial charge is 0.165 e. The Morgan fingerprint density at radius 1 is 1.17 bits per heavy atom. The van der Waals surface area contributed by atoms with Gasteiger partial charge in [0.15, 0.2) is 11.6 Å². The van der Waals surface area contributed by atoms with Gasteiger partial charge in [-0.05, 0) is 23.8 Å².